The molecule has 1 aliphatic heterocycles. The van der Waals surface area contributed by atoms with Crippen LogP contribution in [0, 0.1) is 0 Å². The van der Waals surface area contributed by atoms with Gasteiger partial charge in [0, 0.05) is 35.2 Å². The monoisotopic (exact) mass is 514 g/mol. The molecule has 0 radical (unpaired) electrons. The summed E-state index contributed by atoms with van der Waals surface area (Å²) in [7, 11) is 0. The van der Waals surface area contributed by atoms with Gasteiger partial charge in [-0.3, -0.25) is 19.5 Å². The number of hydrogen-bond donors (Lipinski definition) is 1. The maximum Gasteiger partial charge on any atom is 0.249 e. The van der Waals surface area contributed by atoms with Crippen molar-refractivity contribution in [1.82, 2.24) is 25.3 Å². The molecule has 2 aromatic heterocycles. The first-order chi connectivity index (χ1) is 18.4. The highest BCUT2D eigenvalue weighted by Crippen LogP contribution is 2.37. The van der Waals surface area contributed by atoms with Crippen molar-refractivity contribution in [2.75, 3.05) is 18.1 Å². The largest absolute Gasteiger partial charge is 0.486 e. The number of amides is 2. The Morgan fingerprint density at radius 2 is 1.87 bits per heavy atom. The zero-order chi connectivity index (χ0) is 26.7. The van der Waals surface area contributed by atoms with E-state index in [4.69, 9.17) is 9.47 Å². The summed E-state index contributed by atoms with van der Waals surface area (Å²) in [5.41, 5.74) is 1.97. The molecular weight excluding hydrogens is 484 g/mol. The predicted molar refractivity (Wildman–Crippen MR) is 142 cm³/mol. The summed E-state index contributed by atoms with van der Waals surface area (Å²) in [6.07, 6.45) is 3.94. The topological polar surface area (TPSA) is 111 Å². The van der Waals surface area contributed by atoms with Crippen molar-refractivity contribution in [3.05, 3.63) is 72.6 Å². The summed E-state index contributed by atoms with van der Waals surface area (Å²) >= 11 is 0. The fourth-order valence-electron chi connectivity index (χ4n) is 4.30. The number of nitrogens with zero attached hydrogens (tertiary/aromatic N) is 5. The van der Waals surface area contributed by atoms with Gasteiger partial charge in [-0.15, -0.1) is 5.10 Å². The Morgan fingerprint density at radius 3 is 2.63 bits per heavy atom. The second-order valence-corrected chi connectivity index (χ2v) is 9.74. The quantitative estimate of drug-likeness (QED) is 0.382. The van der Waals surface area contributed by atoms with Gasteiger partial charge in [-0.1, -0.05) is 30.3 Å². The van der Waals surface area contributed by atoms with E-state index in [2.05, 4.69) is 20.6 Å². The first-order valence-corrected chi connectivity index (χ1v) is 12.6. The maximum absolute atomic E-state index is 14.1. The molecule has 4 aromatic rings. The fraction of sp³-hybridized carbons (Fsp3) is 0.321. The number of fused-ring (bicyclic) bond motifs is 2. The van der Waals surface area contributed by atoms with E-state index in [0.717, 1.165) is 5.52 Å². The smallest absolute Gasteiger partial charge is 0.249 e. The van der Waals surface area contributed by atoms with Crippen LogP contribution in [0.1, 0.15) is 38.8 Å². The molecule has 0 unspecified atom stereocenters. The number of anilines is 1. The van der Waals surface area contributed by atoms with Gasteiger partial charge in [-0.2, -0.15) is 0 Å². The van der Waals surface area contributed by atoms with E-state index < -0.39 is 11.6 Å². The number of nitrogens with one attached hydrogen (secondary N) is 1. The predicted octanol–water partition coefficient (Wildman–Crippen LogP) is 3.68. The van der Waals surface area contributed by atoms with Crippen molar-refractivity contribution >= 4 is 28.5 Å². The van der Waals surface area contributed by atoms with Crippen molar-refractivity contribution in [3.63, 3.8) is 0 Å². The molecule has 0 saturated heterocycles. The lowest BCUT2D eigenvalue weighted by molar-refractivity contribution is -0.128. The average Bonchev–Trinajstić information content (AvgIpc) is 3.34. The molecule has 10 heteroatoms. The molecule has 1 atom stereocenters. The zero-order valence-electron chi connectivity index (χ0n) is 21.6. The van der Waals surface area contributed by atoms with Crippen LogP contribution >= 0.6 is 0 Å². The highest BCUT2D eigenvalue weighted by atomic mass is 16.6. The van der Waals surface area contributed by atoms with Crippen molar-refractivity contribution in [2.45, 2.75) is 45.3 Å². The molecule has 0 saturated carbocycles. The minimum absolute atomic E-state index is 0.129. The van der Waals surface area contributed by atoms with Gasteiger partial charge in [-0.25, -0.2) is 4.68 Å². The van der Waals surface area contributed by atoms with E-state index in [-0.39, 0.29) is 18.4 Å². The fourth-order valence-corrected chi connectivity index (χ4v) is 4.30. The van der Waals surface area contributed by atoms with Gasteiger partial charge >= 0.3 is 0 Å². The molecule has 1 N–H and O–H groups in total. The summed E-state index contributed by atoms with van der Waals surface area (Å²) in [5, 5.41) is 11.5. The number of carbonyl (C=O) groups excluding carboxylic acids is 2. The number of benzene rings is 2. The first-order valence-electron chi connectivity index (χ1n) is 12.6. The van der Waals surface area contributed by atoms with Crippen LogP contribution in [0.5, 0.6) is 11.5 Å². The van der Waals surface area contributed by atoms with E-state index in [0.29, 0.717) is 47.9 Å². The van der Waals surface area contributed by atoms with E-state index in [1.807, 2.05) is 45.0 Å². The van der Waals surface area contributed by atoms with E-state index in [1.165, 1.54) is 9.58 Å². The Labute approximate surface area is 220 Å². The van der Waals surface area contributed by atoms with Crippen LogP contribution in [0.3, 0.4) is 0 Å². The van der Waals surface area contributed by atoms with Gasteiger partial charge in [-0.05, 0) is 50.6 Å². The standard InChI is InChI=1S/C28H30N6O4/c1-4-28(2,3)30-27(36)26(19-8-7-13-29-17-19)34(20-11-12-23-24(16-20)38-15-14-37-23)25(35)18-33-22-10-6-5-9-21(22)31-32-33/h5-13,16-17,26H,4,14-15,18H2,1-3H3,(H,30,36)/t26-/m1/s1. The van der Waals surface area contributed by atoms with Crippen LogP contribution in [0.25, 0.3) is 11.0 Å². The SMILES string of the molecule is CCC(C)(C)NC(=O)[C@@H](c1cccnc1)N(C(=O)Cn1nnc2ccccc21)c1ccc2c(c1)OCCO2. The van der Waals surface area contributed by atoms with Crippen LogP contribution < -0.4 is 19.7 Å². The highest BCUT2D eigenvalue weighted by Gasteiger charge is 2.36. The number of ether oxygens (including phenoxy) is 2. The third-order valence-electron chi connectivity index (χ3n) is 6.63. The Morgan fingerprint density at radius 1 is 1.08 bits per heavy atom. The lowest BCUT2D eigenvalue weighted by Crippen LogP contribution is -2.51. The highest BCUT2D eigenvalue weighted by molar-refractivity contribution is 6.02. The van der Waals surface area contributed by atoms with Gasteiger partial charge in [0.05, 0.1) is 5.52 Å². The summed E-state index contributed by atoms with van der Waals surface area (Å²) in [6, 6.07) is 15.2. The van der Waals surface area contributed by atoms with Crippen molar-refractivity contribution in [1.29, 1.82) is 0 Å². The third-order valence-corrected chi connectivity index (χ3v) is 6.63. The number of rotatable bonds is 8. The Kier molecular flexibility index (Phi) is 6.95. The van der Waals surface area contributed by atoms with Crippen molar-refractivity contribution < 1.29 is 19.1 Å². The second-order valence-electron chi connectivity index (χ2n) is 9.74. The number of carbonyl (C=O) groups is 2. The van der Waals surface area contributed by atoms with Gasteiger partial charge < -0.3 is 14.8 Å². The zero-order valence-corrected chi connectivity index (χ0v) is 21.6. The molecule has 196 valence electrons. The number of para-hydroxylation sites is 1. The van der Waals surface area contributed by atoms with E-state index in [9.17, 15) is 9.59 Å². The van der Waals surface area contributed by atoms with Crippen molar-refractivity contribution in [2.24, 2.45) is 0 Å². The molecule has 0 spiro atoms. The number of aromatic nitrogens is 4. The van der Waals surface area contributed by atoms with Gasteiger partial charge in [0.15, 0.2) is 11.5 Å². The Balaban J connectivity index is 1.61. The average molecular weight is 515 g/mol. The molecule has 2 aromatic carbocycles. The summed E-state index contributed by atoms with van der Waals surface area (Å²) < 4.78 is 13.0. The molecule has 5 rings (SSSR count). The molecule has 2 amide bonds. The molecular formula is C28H30N6O4. The Bertz CT molecular complexity index is 1450. The number of pyridine rings is 1. The summed E-state index contributed by atoms with van der Waals surface area (Å²) in [4.78, 5) is 33.8. The molecule has 0 fully saturated rings. The molecule has 0 bridgehead atoms. The van der Waals surface area contributed by atoms with Gasteiger partial charge in [0.2, 0.25) is 11.8 Å². The Hall–Kier alpha value is -4.47. The van der Waals surface area contributed by atoms with E-state index >= 15 is 0 Å². The van der Waals surface area contributed by atoms with Crippen LogP contribution in [-0.2, 0) is 16.1 Å². The lowest BCUT2D eigenvalue weighted by Gasteiger charge is -2.35. The van der Waals surface area contributed by atoms with E-state index in [1.54, 1.807) is 42.7 Å². The van der Waals surface area contributed by atoms with Crippen LogP contribution in [0.4, 0.5) is 5.69 Å². The molecule has 10 nitrogen and oxygen atoms in total. The molecule has 38 heavy (non-hydrogen) atoms. The minimum Gasteiger partial charge on any atom is -0.486 e. The molecule has 1 aliphatic rings. The third kappa shape index (κ3) is 5.15. The maximum atomic E-state index is 14.1. The summed E-state index contributed by atoms with van der Waals surface area (Å²) in [6.45, 7) is 6.61. The lowest BCUT2D eigenvalue weighted by atomic mass is 9.99. The molecule has 3 heterocycles. The van der Waals surface area contributed by atoms with Crippen LogP contribution in [-0.4, -0.2) is 50.5 Å². The van der Waals surface area contributed by atoms with Gasteiger partial charge in [0.1, 0.15) is 31.3 Å². The molecule has 0 aliphatic carbocycles. The van der Waals surface area contributed by atoms with Crippen LogP contribution in [0.2, 0.25) is 0 Å². The second kappa shape index (κ2) is 10.5. The van der Waals surface area contributed by atoms with Gasteiger partial charge in [0.25, 0.3) is 0 Å². The normalized spacial score (nSPS) is 13.7. The first kappa shape index (κ1) is 25.2. The minimum atomic E-state index is -1.00. The summed E-state index contributed by atoms with van der Waals surface area (Å²) in [5.74, 6) is 0.424. The van der Waals surface area contributed by atoms with Crippen LogP contribution in [0.15, 0.2) is 67.0 Å². The number of hydrogen-bond acceptors (Lipinski definition) is 7. The van der Waals surface area contributed by atoms with Crippen molar-refractivity contribution in [3.8, 4) is 11.5 Å².